The number of rotatable bonds is 3. The van der Waals surface area contributed by atoms with Crippen LogP contribution in [0.3, 0.4) is 0 Å². The number of pyridine rings is 1. The van der Waals surface area contributed by atoms with Gasteiger partial charge in [-0.15, -0.1) is 0 Å². The molecule has 0 amide bonds. The Hall–Kier alpha value is -2.21. The summed E-state index contributed by atoms with van der Waals surface area (Å²) in [6.07, 6.45) is 2.60. The number of hydrogen-bond donors (Lipinski definition) is 1. The molecule has 0 aliphatic carbocycles. The fourth-order valence-corrected chi connectivity index (χ4v) is 2.64. The van der Waals surface area contributed by atoms with Crippen LogP contribution in [0.15, 0.2) is 18.3 Å². The number of nitrogen functional groups attached to an aromatic ring is 1. The molecular formula is C16H21N5O. The van der Waals surface area contributed by atoms with E-state index in [0.29, 0.717) is 11.6 Å². The highest BCUT2D eigenvalue weighted by Gasteiger charge is 2.19. The molecule has 0 unspecified atom stereocenters. The summed E-state index contributed by atoms with van der Waals surface area (Å²) in [5.41, 5.74) is 8.77. The van der Waals surface area contributed by atoms with Crippen molar-refractivity contribution in [1.82, 2.24) is 15.0 Å². The third-order valence-electron chi connectivity index (χ3n) is 3.91. The molecule has 0 aromatic carbocycles. The van der Waals surface area contributed by atoms with Gasteiger partial charge in [0.15, 0.2) is 5.82 Å². The van der Waals surface area contributed by atoms with Crippen molar-refractivity contribution >= 4 is 11.6 Å². The second-order valence-corrected chi connectivity index (χ2v) is 5.37. The van der Waals surface area contributed by atoms with Gasteiger partial charge in [-0.2, -0.15) is 0 Å². The minimum absolute atomic E-state index is 0.500. The van der Waals surface area contributed by atoms with E-state index in [4.69, 9.17) is 20.4 Å². The summed E-state index contributed by atoms with van der Waals surface area (Å²) in [6.45, 7) is 7.41. The second-order valence-electron chi connectivity index (χ2n) is 5.37. The normalized spacial score (nSPS) is 15.1. The summed E-state index contributed by atoms with van der Waals surface area (Å²) >= 11 is 0. The molecule has 0 saturated carbocycles. The molecule has 2 aromatic heterocycles. The molecule has 6 heteroatoms. The van der Waals surface area contributed by atoms with Crippen molar-refractivity contribution in [2.45, 2.75) is 20.3 Å². The minimum Gasteiger partial charge on any atom is -0.384 e. The number of hydrogen-bond acceptors (Lipinski definition) is 6. The Morgan fingerprint density at radius 2 is 2.00 bits per heavy atom. The number of nitrogens with zero attached hydrogens (tertiary/aromatic N) is 4. The van der Waals surface area contributed by atoms with Crippen LogP contribution in [0.25, 0.3) is 11.4 Å². The zero-order valence-electron chi connectivity index (χ0n) is 13.0. The molecule has 2 aromatic rings. The van der Waals surface area contributed by atoms with Gasteiger partial charge in [0.05, 0.1) is 13.2 Å². The molecule has 0 bridgehead atoms. The van der Waals surface area contributed by atoms with E-state index in [1.165, 1.54) is 0 Å². The summed E-state index contributed by atoms with van der Waals surface area (Å²) in [5, 5.41) is 0. The lowest BCUT2D eigenvalue weighted by Crippen LogP contribution is -2.37. The topological polar surface area (TPSA) is 77.2 Å². The summed E-state index contributed by atoms with van der Waals surface area (Å²) in [7, 11) is 0. The third-order valence-corrected chi connectivity index (χ3v) is 3.91. The highest BCUT2D eigenvalue weighted by molar-refractivity contribution is 5.60. The Morgan fingerprint density at radius 3 is 2.64 bits per heavy atom. The van der Waals surface area contributed by atoms with Gasteiger partial charge in [0.2, 0.25) is 0 Å². The van der Waals surface area contributed by atoms with Crippen LogP contribution in [0.1, 0.15) is 18.2 Å². The van der Waals surface area contributed by atoms with Crippen LogP contribution < -0.4 is 10.6 Å². The molecule has 1 aliphatic heterocycles. The Labute approximate surface area is 130 Å². The highest BCUT2D eigenvalue weighted by Crippen LogP contribution is 2.25. The molecule has 0 atom stereocenters. The van der Waals surface area contributed by atoms with Gasteiger partial charge in [-0.05, 0) is 25.5 Å². The number of aryl methyl sites for hydroxylation is 1. The van der Waals surface area contributed by atoms with Crippen LogP contribution in [0.5, 0.6) is 0 Å². The largest absolute Gasteiger partial charge is 0.384 e. The smallest absolute Gasteiger partial charge is 0.163 e. The van der Waals surface area contributed by atoms with Crippen molar-refractivity contribution in [2.24, 2.45) is 0 Å². The molecule has 2 N–H and O–H groups in total. The maximum Gasteiger partial charge on any atom is 0.163 e. The Kier molecular flexibility index (Phi) is 4.20. The summed E-state index contributed by atoms with van der Waals surface area (Å²) in [6, 6.07) is 3.69. The molecule has 3 rings (SSSR count). The van der Waals surface area contributed by atoms with E-state index in [-0.39, 0.29) is 0 Å². The molecule has 22 heavy (non-hydrogen) atoms. The van der Waals surface area contributed by atoms with E-state index < -0.39 is 0 Å². The van der Waals surface area contributed by atoms with Gasteiger partial charge in [-0.3, -0.25) is 0 Å². The van der Waals surface area contributed by atoms with Crippen LogP contribution in [-0.2, 0) is 11.2 Å². The maximum atomic E-state index is 5.66. The first-order valence-electron chi connectivity index (χ1n) is 7.61. The van der Waals surface area contributed by atoms with E-state index >= 15 is 0 Å². The van der Waals surface area contributed by atoms with Crippen LogP contribution >= 0.6 is 0 Å². The first-order valence-corrected chi connectivity index (χ1v) is 7.61. The van der Waals surface area contributed by atoms with Crippen molar-refractivity contribution < 1.29 is 4.74 Å². The number of nitrogens with two attached hydrogens (primary N) is 1. The van der Waals surface area contributed by atoms with Gasteiger partial charge in [0.1, 0.15) is 11.6 Å². The van der Waals surface area contributed by atoms with E-state index in [1.54, 1.807) is 12.3 Å². The van der Waals surface area contributed by atoms with Gasteiger partial charge in [0.25, 0.3) is 0 Å². The predicted molar refractivity (Wildman–Crippen MR) is 86.8 cm³/mol. The second kappa shape index (κ2) is 6.27. The molecular weight excluding hydrogens is 278 g/mol. The number of aromatic nitrogens is 3. The Morgan fingerprint density at radius 1 is 1.23 bits per heavy atom. The standard InChI is InChI=1S/C16H21N5O/c1-3-13-11(2)16(21-6-8-22-9-7-21)20-15(19-13)12-4-5-14(17)18-10-12/h4-5,10H,3,6-9H2,1-2H3,(H2,17,18). The first-order chi connectivity index (χ1) is 10.7. The van der Waals surface area contributed by atoms with Gasteiger partial charge in [-0.25, -0.2) is 15.0 Å². The molecule has 116 valence electrons. The molecule has 0 radical (unpaired) electrons. The van der Waals surface area contributed by atoms with Gasteiger partial charge < -0.3 is 15.4 Å². The number of anilines is 2. The SMILES string of the molecule is CCc1nc(-c2ccc(N)nc2)nc(N2CCOCC2)c1C. The van der Waals surface area contributed by atoms with Crippen LogP contribution in [0.2, 0.25) is 0 Å². The van der Waals surface area contributed by atoms with Gasteiger partial charge >= 0.3 is 0 Å². The quantitative estimate of drug-likeness (QED) is 0.931. The maximum absolute atomic E-state index is 5.66. The van der Waals surface area contributed by atoms with E-state index in [1.807, 2.05) is 6.07 Å². The zero-order valence-corrected chi connectivity index (χ0v) is 13.0. The van der Waals surface area contributed by atoms with E-state index in [0.717, 1.165) is 55.4 Å². The Bertz CT molecular complexity index is 650. The number of ether oxygens (including phenoxy) is 1. The molecule has 3 heterocycles. The minimum atomic E-state index is 0.500. The average molecular weight is 299 g/mol. The fourth-order valence-electron chi connectivity index (χ4n) is 2.64. The van der Waals surface area contributed by atoms with Crippen molar-refractivity contribution in [1.29, 1.82) is 0 Å². The summed E-state index contributed by atoms with van der Waals surface area (Å²) in [4.78, 5) is 15.9. The molecule has 6 nitrogen and oxygen atoms in total. The van der Waals surface area contributed by atoms with Crippen LogP contribution in [0, 0.1) is 6.92 Å². The molecule has 1 saturated heterocycles. The third kappa shape index (κ3) is 2.87. The Balaban J connectivity index is 2.05. The summed E-state index contributed by atoms with van der Waals surface area (Å²) < 4.78 is 5.44. The molecule has 1 fully saturated rings. The van der Waals surface area contributed by atoms with Crippen LogP contribution in [0.4, 0.5) is 11.6 Å². The average Bonchev–Trinajstić information content (AvgIpc) is 2.57. The van der Waals surface area contributed by atoms with Crippen molar-refractivity contribution in [3.05, 3.63) is 29.6 Å². The van der Waals surface area contributed by atoms with Crippen LogP contribution in [-0.4, -0.2) is 41.3 Å². The van der Waals surface area contributed by atoms with E-state index in [9.17, 15) is 0 Å². The van der Waals surface area contributed by atoms with Gasteiger partial charge in [-0.1, -0.05) is 6.92 Å². The van der Waals surface area contributed by atoms with Gasteiger partial charge in [0, 0.05) is 36.1 Å². The number of morpholine rings is 1. The fraction of sp³-hybridized carbons (Fsp3) is 0.438. The first kappa shape index (κ1) is 14.7. The lowest BCUT2D eigenvalue weighted by Gasteiger charge is -2.29. The van der Waals surface area contributed by atoms with Crippen molar-refractivity contribution in [3.8, 4) is 11.4 Å². The highest BCUT2D eigenvalue weighted by atomic mass is 16.5. The zero-order chi connectivity index (χ0) is 15.5. The lowest BCUT2D eigenvalue weighted by molar-refractivity contribution is 0.122. The molecule has 1 aliphatic rings. The van der Waals surface area contributed by atoms with Crippen molar-refractivity contribution in [2.75, 3.05) is 36.9 Å². The van der Waals surface area contributed by atoms with Crippen molar-refractivity contribution in [3.63, 3.8) is 0 Å². The summed E-state index contributed by atoms with van der Waals surface area (Å²) in [5.74, 6) is 2.21. The predicted octanol–water partition coefficient (Wildman–Crippen LogP) is 1.83. The monoisotopic (exact) mass is 299 g/mol. The molecule has 0 spiro atoms. The lowest BCUT2D eigenvalue weighted by atomic mass is 10.1. The van der Waals surface area contributed by atoms with E-state index in [2.05, 4.69) is 23.7 Å².